The van der Waals surface area contributed by atoms with Gasteiger partial charge in [0, 0.05) is 54.2 Å². The van der Waals surface area contributed by atoms with E-state index in [1.54, 1.807) is 6.07 Å². The molecule has 4 rings (SSSR count). The average molecular weight is 460 g/mol. The molecule has 6 nitrogen and oxygen atoms in total. The molecule has 0 amide bonds. The Morgan fingerprint density at radius 2 is 1.81 bits per heavy atom. The van der Waals surface area contributed by atoms with E-state index in [0.717, 1.165) is 56.2 Å². The van der Waals surface area contributed by atoms with E-state index in [0.29, 0.717) is 28.1 Å². The Labute approximate surface area is 193 Å². The molecule has 5 N–H and O–H groups in total. The second-order valence-corrected chi connectivity index (χ2v) is 8.47. The number of benzene rings is 2. The maximum atomic E-state index is 6.46. The van der Waals surface area contributed by atoms with Crippen LogP contribution in [0.4, 0.5) is 5.69 Å². The molecule has 0 saturated carbocycles. The predicted octanol–water partition coefficient (Wildman–Crippen LogP) is 3.36. The summed E-state index contributed by atoms with van der Waals surface area (Å²) in [6.45, 7) is 5.44. The van der Waals surface area contributed by atoms with Crippen LogP contribution in [-0.2, 0) is 11.3 Å². The van der Waals surface area contributed by atoms with Crippen LogP contribution in [0.5, 0.6) is 0 Å². The number of halogens is 2. The summed E-state index contributed by atoms with van der Waals surface area (Å²) in [7, 11) is 0. The van der Waals surface area contributed by atoms with Gasteiger partial charge in [0.25, 0.3) is 0 Å². The van der Waals surface area contributed by atoms with E-state index >= 15 is 0 Å². The highest BCUT2D eigenvalue weighted by molar-refractivity contribution is 6.33. The number of anilines is 1. The predicted molar refractivity (Wildman–Crippen MR) is 128 cm³/mol. The van der Waals surface area contributed by atoms with Crippen molar-refractivity contribution in [3.8, 4) is 0 Å². The Hall–Kier alpha value is -2.54. The lowest BCUT2D eigenvalue weighted by molar-refractivity contribution is 0.122. The number of morpholine rings is 1. The second kappa shape index (κ2) is 9.73. The molecule has 0 aromatic heterocycles. The van der Waals surface area contributed by atoms with Crippen LogP contribution in [0.1, 0.15) is 11.1 Å². The van der Waals surface area contributed by atoms with Gasteiger partial charge in [-0.3, -0.25) is 0 Å². The molecule has 31 heavy (non-hydrogen) atoms. The number of hydrogen-bond acceptors (Lipinski definition) is 6. The molecule has 8 heteroatoms. The van der Waals surface area contributed by atoms with Crippen molar-refractivity contribution in [2.45, 2.75) is 6.54 Å². The lowest BCUT2D eigenvalue weighted by Gasteiger charge is -2.32. The Balaban J connectivity index is 1.54. The van der Waals surface area contributed by atoms with Gasteiger partial charge in [0.2, 0.25) is 0 Å². The minimum atomic E-state index is 0.594. The minimum absolute atomic E-state index is 0.594. The molecule has 2 aliphatic heterocycles. The molecule has 2 aromatic rings. The smallest absolute Gasteiger partial charge is 0.120 e. The monoisotopic (exact) mass is 459 g/mol. The number of allylic oxidation sites excluding steroid dienone is 1. The van der Waals surface area contributed by atoms with Gasteiger partial charge >= 0.3 is 0 Å². The van der Waals surface area contributed by atoms with Gasteiger partial charge in [0.15, 0.2) is 0 Å². The van der Waals surface area contributed by atoms with Crippen LogP contribution in [-0.4, -0.2) is 44.3 Å². The van der Waals surface area contributed by atoms with E-state index in [9.17, 15) is 0 Å². The fraction of sp³-hybridized carbons (Fsp3) is 0.304. The van der Waals surface area contributed by atoms with E-state index in [2.05, 4.69) is 27.2 Å². The van der Waals surface area contributed by atoms with Crippen LogP contribution in [0.15, 0.2) is 60.1 Å². The summed E-state index contributed by atoms with van der Waals surface area (Å²) < 4.78 is 5.43. The number of nitrogens with two attached hydrogens (primary N) is 2. The molecule has 2 aliphatic rings. The number of rotatable bonds is 5. The zero-order valence-corrected chi connectivity index (χ0v) is 18.8. The van der Waals surface area contributed by atoms with Gasteiger partial charge < -0.3 is 31.3 Å². The molecule has 2 heterocycles. The molecule has 2 aromatic carbocycles. The zero-order chi connectivity index (χ0) is 21.8. The van der Waals surface area contributed by atoms with E-state index in [-0.39, 0.29) is 0 Å². The molecular formula is C23H27Cl2N5O. The molecule has 0 radical (unpaired) electrons. The van der Waals surface area contributed by atoms with Crippen molar-refractivity contribution in [3.63, 3.8) is 0 Å². The summed E-state index contributed by atoms with van der Waals surface area (Å²) in [6.07, 6.45) is 1.92. The fourth-order valence-electron chi connectivity index (χ4n) is 3.83. The van der Waals surface area contributed by atoms with Crippen LogP contribution in [0, 0.1) is 0 Å². The summed E-state index contributed by atoms with van der Waals surface area (Å²) in [5.41, 5.74) is 17.3. The Bertz CT molecular complexity index is 984. The second-order valence-electron chi connectivity index (χ2n) is 7.63. The van der Waals surface area contributed by atoms with Gasteiger partial charge in [-0.2, -0.15) is 0 Å². The summed E-state index contributed by atoms with van der Waals surface area (Å²) in [5, 5.41) is 4.55. The van der Waals surface area contributed by atoms with Crippen molar-refractivity contribution < 1.29 is 4.74 Å². The van der Waals surface area contributed by atoms with E-state index in [1.807, 2.05) is 30.3 Å². The van der Waals surface area contributed by atoms with Crippen molar-refractivity contribution in [3.05, 3.63) is 81.2 Å². The van der Waals surface area contributed by atoms with Crippen molar-refractivity contribution in [2.24, 2.45) is 11.5 Å². The maximum Gasteiger partial charge on any atom is 0.120 e. The molecule has 0 atom stereocenters. The molecule has 1 saturated heterocycles. The highest BCUT2D eigenvalue weighted by Gasteiger charge is 2.19. The summed E-state index contributed by atoms with van der Waals surface area (Å²) >= 11 is 12.5. The number of nitrogens with one attached hydrogen (secondary N) is 1. The van der Waals surface area contributed by atoms with Gasteiger partial charge in [-0.15, -0.1) is 0 Å². The van der Waals surface area contributed by atoms with Gasteiger partial charge in [0.1, 0.15) is 5.82 Å². The van der Waals surface area contributed by atoms with Gasteiger partial charge in [-0.25, -0.2) is 0 Å². The maximum absolute atomic E-state index is 6.46. The first-order chi connectivity index (χ1) is 15.0. The largest absolute Gasteiger partial charge is 0.398 e. The van der Waals surface area contributed by atoms with Crippen molar-refractivity contribution >= 4 is 34.6 Å². The first kappa shape index (κ1) is 21.7. The summed E-state index contributed by atoms with van der Waals surface area (Å²) in [6, 6.07) is 13.8. The first-order valence-corrected chi connectivity index (χ1v) is 11.1. The molecule has 1 fully saturated rings. The van der Waals surface area contributed by atoms with Crippen LogP contribution in [0.25, 0.3) is 5.70 Å². The molecular weight excluding hydrogens is 433 g/mol. The molecule has 164 valence electrons. The summed E-state index contributed by atoms with van der Waals surface area (Å²) in [4.78, 5) is 4.48. The molecule has 0 aliphatic carbocycles. The van der Waals surface area contributed by atoms with Crippen molar-refractivity contribution in [1.29, 1.82) is 0 Å². The van der Waals surface area contributed by atoms with Crippen LogP contribution in [0.3, 0.4) is 0 Å². The Kier molecular flexibility index (Phi) is 6.80. The number of nitrogens with zero attached hydrogens (tertiary/aromatic N) is 2. The number of hydrogen-bond donors (Lipinski definition) is 3. The highest BCUT2D eigenvalue weighted by Crippen LogP contribution is 2.26. The molecule has 0 unspecified atom stereocenters. The van der Waals surface area contributed by atoms with Crippen LogP contribution in [0.2, 0.25) is 10.0 Å². The normalized spacial score (nSPS) is 17.7. The third-order valence-electron chi connectivity index (χ3n) is 5.55. The third-order valence-corrected chi connectivity index (χ3v) is 6.16. The third kappa shape index (κ3) is 5.21. The lowest BCUT2D eigenvalue weighted by atomic mass is 10.1. The molecule has 0 spiro atoms. The van der Waals surface area contributed by atoms with Crippen LogP contribution >= 0.6 is 23.2 Å². The van der Waals surface area contributed by atoms with Crippen molar-refractivity contribution in [2.75, 3.05) is 44.3 Å². The van der Waals surface area contributed by atoms with E-state index < -0.39 is 0 Å². The zero-order valence-electron chi connectivity index (χ0n) is 17.3. The Morgan fingerprint density at radius 3 is 2.55 bits per heavy atom. The number of ether oxygens (including phenoxy) is 1. The lowest BCUT2D eigenvalue weighted by Crippen LogP contribution is -2.41. The molecule has 0 bridgehead atoms. The topological polar surface area (TPSA) is 79.8 Å². The average Bonchev–Trinajstić information content (AvgIpc) is 2.79. The first-order valence-electron chi connectivity index (χ1n) is 10.3. The van der Waals surface area contributed by atoms with Crippen molar-refractivity contribution in [1.82, 2.24) is 10.2 Å². The minimum Gasteiger partial charge on any atom is -0.398 e. The van der Waals surface area contributed by atoms with Gasteiger partial charge in [0.05, 0.1) is 18.9 Å². The highest BCUT2D eigenvalue weighted by atomic mass is 35.5. The van der Waals surface area contributed by atoms with Gasteiger partial charge in [-0.05, 0) is 47.5 Å². The van der Waals surface area contributed by atoms with E-state index in [4.69, 9.17) is 39.4 Å². The summed E-state index contributed by atoms with van der Waals surface area (Å²) in [5.74, 6) is 0.595. The standard InChI is InChI=1S/C23H27Cl2N5O/c24-18-3-6-20(25)17(13-18)15-30-8-7-28-23(27)22(30)14-21(26)16-1-4-19(5-2-16)29-9-11-31-12-10-29/h1-6,13-14,28H,7-12,15,26-27H2/b21-14-. The SMILES string of the molecule is NC1=C(/C=C(\N)c2ccc(N3CCOCC3)cc2)N(Cc2cc(Cl)ccc2Cl)CCN1. The Morgan fingerprint density at radius 1 is 1.06 bits per heavy atom. The van der Waals surface area contributed by atoms with E-state index in [1.165, 1.54) is 5.69 Å². The quantitative estimate of drug-likeness (QED) is 0.635. The fourth-order valence-corrected chi connectivity index (χ4v) is 4.20. The van der Waals surface area contributed by atoms with Gasteiger partial charge in [-0.1, -0.05) is 35.3 Å². The van der Waals surface area contributed by atoms with Crippen LogP contribution < -0.4 is 21.7 Å².